The van der Waals surface area contributed by atoms with Crippen molar-refractivity contribution >= 4 is 21.7 Å². The quantitative estimate of drug-likeness (QED) is 0.768. The molecule has 0 heterocycles. The Morgan fingerprint density at radius 2 is 1.95 bits per heavy atom. The Bertz CT molecular complexity index is 607. The minimum absolute atomic E-state index is 0.0131. The number of aromatic carboxylic acids is 1. The van der Waals surface area contributed by atoms with E-state index in [0.717, 1.165) is 25.7 Å². The zero-order valence-electron chi connectivity index (χ0n) is 11.2. The first-order valence-electron chi connectivity index (χ1n) is 6.51. The maximum Gasteiger partial charge on any atom is 0.337 e. The fourth-order valence-corrected chi connectivity index (χ4v) is 3.75. The monoisotopic (exact) mass is 298 g/mol. The second kappa shape index (κ2) is 5.80. The van der Waals surface area contributed by atoms with Crippen LogP contribution < -0.4 is 10.0 Å². The fourth-order valence-electron chi connectivity index (χ4n) is 2.42. The lowest BCUT2D eigenvalue weighted by molar-refractivity contribution is 0.0697. The van der Waals surface area contributed by atoms with Gasteiger partial charge in [-0.2, -0.15) is 0 Å². The summed E-state index contributed by atoms with van der Waals surface area (Å²) in [6, 6.07) is 4.02. The third-order valence-corrected chi connectivity index (χ3v) is 5.00. The Morgan fingerprint density at radius 3 is 2.50 bits per heavy atom. The maximum absolute atomic E-state index is 12.2. The lowest BCUT2D eigenvalue weighted by Gasteiger charge is -2.14. The molecule has 0 aromatic heterocycles. The van der Waals surface area contributed by atoms with Gasteiger partial charge in [-0.05, 0) is 31.0 Å². The Kier molecular flexibility index (Phi) is 4.29. The smallest absolute Gasteiger partial charge is 0.337 e. The van der Waals surface area contributed by atoms with Crippen LogP contribution in [0.1, 0.15) is 36.0 Å². The number of carbonyl (C=O) groups is 1. The molecule has 1 aliphatic carbocycles. The first kappa shape index (κ1) is 14.8. The Labute approximate surface area is 118 Å². The van der Waals surface area contributed by atoms with Gasteiger partial charge in [-0.25, -0.2) is 17.9 Å². The Hall–Kier alpha value is -1.60. The average Bonchev–Trinajstić information content (AvgIpc) is 2.89. The Morgan fingerprint density at radius 1 is 1.30 bits per heavy atom. The van der Waals surface area contributed by atoms with Gasteiger partial charge >= 0.3 is 5.97 Å². The molecule has 0 spiro atoms. The van der Waals surface area contributed by atoms with Crippen molar-refractivity contribution < 1.29 is 18.3 Å². The minimum atomic E-state index is -3.67. The van der Waals surface area contributed by atoms with Crippen molar-refractivity contribution in [2.45, 2.75) is 36.6 Å². The maximum atomic E-state index is 12.2. The van der Waals surface area contributed by atoms with Crippen LogP contribution in [0.2, 0.25) is 0 Å². The van der Waals surface area contributed by atoms with Crippen LogP contribution in [0.4, 0.5) is 5.69 Å². The molecular formula is C13H18N2O4S. The summed E-state index contributed by atoms with van der Waals surface area (Å²) >= 11 is 0. The van der Waals surface area contributed by atoms with Gasteiger partial charge in [-0.1, -0.05) is 12.8 Å². The Balaban J connectivity index is 2.31. The number of carboxylic acid groups (broad SMARTS) is 1. The summed E-state index contributed by atoms with van der Waals surface area (Å²) in [6.07, 6.45) is 3.71. The van der Waals surface area contributed by atoms with Crippen LogP contribution in [-0.2, 0) is 10.0 Å². The van der Waals surface area contributed by atoms with Crippen molar-refractivity contribution in [2.24, 2.45) is 0 Å². The van der Waals surface area contributed by atoms with E-state index in [2.05, 4.69) is 10.0 Å². The number of hydrogen-bond donors (Lipinski definition) is 3. The van der Waals surface area contributed by atoms with Gasteiger partial charge in [-0.15, -0.1) is 0 Å². The van der Waals surface area contributed by atoms with E-state index >= 15 is 0 Å². The van der Waals surface area contributed by atoms with E-state index in [9.17, 15) is 13.2 Å². The lowest BCUT2D eigenvalue weighted by atomic mass is 10.2. The third-order valence-electron chi connectivity index (χ3n) is 3.48. The van der Waals surface area contributed by atoms with Crippen molar-refractivity contribution in [3.05, 3.63) is 23.8 Å². The predicted molar refractivity (Wildman–Crippen MR) is 75.5 cm³/mol. The molecule has 0 radical (unpaired) electrons. The van der Waals surface area contributed by atoms with Crippen LogP contribution in [0.15, 0.2) is 23.1 Å². The topological polar surface area (TPSA) is 95.5 Å². The number of sulfonamides is 1. The van der Waals surface area contributed by atoms with Crippen molar-refractivity contribution in [3.8, 4) is 0 Å². The molecule has 20 heavy (non-hydrogen) atoms. The molecule has 1 aromatic carbocycles. The number of benzene rings is 1. The molecule has 1 aliphatic rings. The summed E-state index contributed by atoms with van der Waals surface area (Å²) in [5.41, 5.74) is 0.333. The SMILES string of the molecule is CNc1ccc(S(=O)(=O)NC2CCCC2)cc1C(=O)O. The highest BCUT2D eigenvalue weighted by Crippen LogP contribution is 2.23. The highest BCUT2D eigenvalue weighted by Gasteiger charge is 2.24. The second-order valence-electron chi connectivity index (χ2n) is 4.87. The van der Waals surface area contributed by atoms with Crippen molar-refractivity contribution in [2.75, 3.05) is 12.4 Å². The molecular weight excluding hydrogens is 280 g/mol. The van der Waals surface area contributed by atoms with E-state index in [1.807, 2.05) is 0 Å². The van der Waals surface area contributed by atoms with Gasteiger partial charge in [0.15, 0.2) is 0 Å². The van der Waals surface area contributed by atoms with Gasteiger partial charge in [-0.3, -0.25) is 0 Å². The third kappa shape index (κ3) is 3.10. The molecule has 0 unspecified atom stereocenters. The molecule has 0 bridgehead atoms. The second-order valence-corrected chi connectivity index (χ2v) is 6.58. The van der Waals surface area contributed by atoms with Crippen LogP contribution in [0.5, 0.6) is 0 Å². The summed E-state index contributed by atoms with van der Waals surface area (Å²) < 4.78 is 27.1. The van der Waals surface area contributed by atoms with E-state index in [1.165, 1.54) is 18.2 Å². The molecule has 7 heteroatoms. The van der Waals surface area contributed by atoms with E-state index < -0.39 is 16.0 Å². The number of hydrogen-bond acceptors (Lipinski definition) is 4. The fraction of sp³-hybridized carbons (Fsp3) is 0.462. The minimum Gasteiger partial charge on any atom is -0.478 e. The van der Waals surface area contributed by atoms with E-state index in [4.69, 9.17) is 5.11 Å². The number of anilines is 1. The lowest BCUT2D eigenvalue weighted by Crippen LogP contribution is -2.32. The molecule has 110 valence electrons. The summed E-state index contributed by atoms with van der Waals surface area (Å²) in [5, 5.41) is 11.8. The van der Waals surface area contributed by atoms with Crippen LogP contribution in [0.3, 0.4) is 0 Å². The number of carboxylic acids is 1. The molecule has 1 fully saturated rings. The molecule has 0 amide bonds. The zero-order valence-corrected chi connectivity index (χ0v) is 12.0. The standard InChI is InChI=1S/C13H18N2O4S/c1-14-12-7-6-10(8-11(12)13(16)17)20(18,19)15-9-4-2-3-5-9/h6-9,14-15H,2-5H2,1H3,(H,16,17). The highest BCUT2D eigenvalue weighted by molar-refractivity contribution is 7.89. The van der Waals surface area contributed by atoms with E-state index in [-0.39, 0.29) is 16.5 Å². The molecule has 0 aliphatic heterocycles. The molecule has 6 nitrogen and oxygen atoms in total. The average molecular weight is 298 g/mol. The van der Waals surface area contributed by atoms with Crippen LogP contribution >= 0.6 is 0 Å². The number of rotatable bonds is 5. The molecule has 3 N–H and O–H groups in total. The molecule has 0 saturated heterocycles. The van der Waals surface area contributed by atoms with Gasteiger partial charge in [0.05, 0.1) is 10.5 Å². The normalized spacial score (nSPS) is 16.2. The van der Waals surface area contributed by atoms with Gasteiger partial charge in [0.25, 0.3) is 0 Å². The zero-order chi connectivity index (χ0) is 14.8. The van der Waals surface area contributed by atoms with Crippen molar-refractivity contribution in [3.63, 3.8) is 0 Å². The largest absolute Gasteiger partial charge is 0.478 e. The first-order chi connectivity index (χ1) is 9.44. The van der Waals surface area contributed by atoms with Crippen LogP contribution in [0.25, 0.3) is 0 Å². The summed E-state index contributed by atoms with van der Waals surface area (Å²) in [6.45, 7) is 0. The summed E-state index contributed by atoms with van der Waals surface area (Å²) in [5.74, 6) is -1.16. The van der Waals surface area contributed by atoms with Crippen molar-refractivity contribution in [1.82, 2.24) is 4.72 Å². The van der Waals surface area contributed by atoms with Crippen molar-refractivity contribution in [1.29, 1.82) is 0 Å². The van der Waals surface area contributed by atoms with Crippen LogP contribution in [0, 0.1) is 0 Å². The molecule has 1 aromatic rings. The van der Waals surface area contributed by atoms with E-state index in [0.29, 0.717) is 5.69 Å². The first-order valence-corrected chi connectivity index (χ1v) is 8.00. The summed E-state index contributed by atoms with van der Waals surface area (Å²) in [7, 11) is -2.08. The van der Waals surface area contributed by atoms with Gasteiger partial charge < -0.3 is 10.4 Å². The summed E-state index contributed by atoms with van der Waals surface area (Å²) in [4.78, 5) is 11.1. The van der Waals surface area contributed by atoms with Gasteiger partial charge in [0.2, 0.25) is 10.0 Å². The highest BCUT2D eigenvalue weighted by atomic mass is 32.2. The molecule has 2 rings (SSSR count). The van der Waals surface area contributed by atoms with E-state index in [1.54, 1.807) is 7.05 Å². The molecule has 1 saturated carbocycles. The molecule has 0 atom stereocenters. The van der Waals surface area contributed by atoms with Gasteiger partial charge in [0, 0.05) is 18.8 Å². The predicted octanol–water partition coefficient (Wildman–Crippen LogP) is 1.65. The van der Waals surface area contributed by atoms with Gasteiger partial charge in [0.1, 0.15) is 0 Å². The number of nitrogens with one attached hydrogen (secondary N) is 2. The van der Waals surface area contributed by atoms with Crippen LogP contribution in [-0.4, -0.2) is 32.6 Å².